The molecule has 1 unspecified atom stereocenters. The summed E-state index contributed by atoms with van der Waals surface area (Å²) in [5.74, 6) is 1.55. The van der Waals surface area contributed by atoms with Crippen LogP contribution in [0.4, 0.5) is 5.82 Å². The Balaban J connectivity index is 2.02. The van der Waals surface area contributed by atoms with Crippen LogP contribution in [0, 0.1) is 0 Å². The number of ether oxygens (including phenoxy) is 1. The molecule has 1 saturated heterocycles. The van der Waals surface area contributed by atoms with Crippen LogP contribution in [-0.2, 0) is 9.84 Å². The average Bonchev–Trinajstić information content (AvgIpc) is 2.26. The normalized spacial score (nSPS) is 22.2. The number of aromatic nitrogens is 2. The lowest BCUT2D eigenvalue weighted by Crippen LogP contribution is -2.35. The maximum Gasteiger partial charge on any atom is 0.218 e. The fourth-order valence-electron chi connectivity index (χ4n) is 2.07. The molecule has 0 spiro atoms. The van der Waals surface area contributed by atoms with Crippen molar-refractivity contribution in [3.05, 3.63) is 12.4 Å². The summed E-state index contributed by atoms with van der Waals surface area (Å²) in [6, 6.07) is 1.61. The fourth-order valence-corrected chi connectivity index (χ4v) is 3.71. The summed E-state index contributed by atoms with van der Waals surface area (Å²) >= 11 is 0. The quantitative estimate of drug-likeness (QED) is 0.896. The molecule has 2 rings (SSSR count). The van der Waals surface area contributed by atoms with Crippen molar-refractivity contribution < 1.29 is 13.2 Å². The zero-order chi connectivity index (χ0) is 13.9. The number of nitrogens with one attached hydrogen (secondary N) is 1. The SMILES string of the molecule is CC(C)Oc1cc(NC2CCCS(=O)(=O)C2)ncn1. The van der Waals surface area contributed by atoms with Crippen molar-refractivity contribution in [1.82, 2.24) is 9.97 Å². The van der Waals surface area contributed by atoms with Gasteiger partial charge in [0, 0.05) is 12.1 Å². The Labute approximate surface area is 113 Å². The Morgan fingerprint density at radius 3 is 2.89 bits per heavy atom. The third-order valence-corrected chi connectivity index (χ3v) is 4.63. The molecule has 1 fully saturated rings. The summed E-state index contributed by atoms with van der Waals surface area (Å²) in [6.07, 6.45) is 2.99. The Hall–Kier alpha value is -1.37. The monoisotopic (exact) mass is 285 g/mol. The topological polar surface area (TPSA) is 81.2 Å². The van der Waals surface area contributed by atoms with Gasteiger partial charge in [0.1, 0.15) is 12.1 Å². The van der Waals surface area contributed by atoms with E-state index < -0.39 is 9.84 Å². The molecule has 6 nitrogen and oxygen atoms in total. The van der Waals surface area contributed by atoms with Gasteiger partial charge in [0.05, 0.1) is 17.6 Å². The smallest absolute Gasteiger partial charge is 0.218 e. The number of sulfone groups is 1. The molecule has 0 aromatic carbocycles. The maximum atomic E-state index is 11.6. The number of rotatable bonds is 4. The second-order valence-corrected chi connectivity index (χ2v) is 7.23. The van der Waals surface area contributed by atoms with Crippen LogP contribution in [0.15, 0.2) is 12.4 Å². The molecule has 1 aromatic rings. The van der Waals surface area contributed by atoms with Crippen LogP contribution in [-0.4, -0.2) is 42.0 Å². The Morgan fingerprint density at radius 2 is 2.21 bits per heavy atom. The fraction of sp³-hybridized carbons (Fsp3) is 0.667. The second kappa shape index (κ2) is 5.73. The molecule has 1 atom stereocenters. The van der Waals surface area contributed by atoms with E-state index in [1.807, 2.05) is 13.8 Å². The highest BCUT2D eigenvalue weighted by Gasteiger charge is 2.24. The molecule has 7 heteroatoms. The molecule has 0 bridgehead atoms. The molecular formula is C12H19N3O3S. The van der Waals surface area contributed by atoms with Crippen molar-refractivity contribution in [1.29, 1.82) is 0 Å². The molecule has 0 saturated carbocycles. The first-order valence-electron chi connectivity index (χ1n) is 6.40. The minimum Gasteiger partial charge on any atom is -0.475 e. The Bertz CT molecular complexity index is 531. The molecular weight excluding hydrogens is 266 g/mol. The molecule has 2 heterocycles. The van der Waals surface area contributed by atoms with Gasteiger partial charge in [-0.05, 0) is 26.7 Å². The third kappa shape index (κ3) is 4.34. The van der Waals surface area contributed by atoms with Crippen LogP contribution >= 0.6 is 0 Å². The summed E-state index contributed by atoms with van der Waals surface area (Å²) < 4.78 is 28.6. The van der Waals surface area contributed by atoms with Gasteiger partial charge in [-0.3, -0.25) is 0 Å². The lowest BCUT2D eigenvalue weighted by Gasteiger charge is -2.23. The van der Waals surface area contributed by atoms with Crippen LogP contribution < -0.4 is 10.1 Å². The van der Waals surface area contributed by atoms with Crippen LogP contribution in [0.3, 0.4) is 0 Å². The van der Waals surface area contributed by atoms with E-state index in [4.69, 9.17) is 4.74 Å². The largest absolute Gasteiger partial charge is 0.475 e. The van der Waals surface area contributed by atoms with E-state index in [2.05, 4.69) is 15.3 Å². The first-order valence-corrected chi connectivity index (χ1v) is 8.22. The van der Waals surface area contributed by atoms with Crippen LogP contribution in [0.25, 0.3) is 0 Å². The average molecular weight is 285 g/mol. The van der Waals surface area contributed by atoms with Gasteiger partial charge in [0.25, 0.3) is 0 Å². The maximum absolute atomic E-state index is 11.6. The van der Waals surface area contributed by atoms with Gasteiger partial charge in [-0.1, -0.05) is 0 Å². The standard InChI is InChI=1S/C12H19N3O3S/c1-9(2)18-12-6-11(13-8-14-12)15-10-4-3-5-19(16,17)7-10/h6,8-10H,3-5,7H2,1-2H3,(H,13,14,15). The van der Waals surface area contributed by atoms with E-state index in [0.717, 1.165) is 6.42 Å². The first kappa shape index (κ1) is 14.0. The minimum absolute atomic E-state index is 0.0396. The Morgan fingerprint density at radius 1 is 1.42 bits per heavy atom. The molecule has 1 aliphatic heterocycles. The lowest BCUT2D eigenvalue weighted by molar-refractivity contribution is 0.232. The van der Waals surface area contributed by atoms with Gasteiger partial charge in [0.2, 0.25) is 5.88 Å². The minimum atomic E-state index is -2.92. The van der Waals surface area contributed by atoms with E-state index in [0.29, 0.717) is 18.1 Å². The summed E-state index contributed by atoms with van der Waals surface area (Å²) in [7, 11) is -2.92. The van der Waals surface area contributed by atoms with Crippen molar-refractivity contribution in [2.45, 2.75) is 38.8 Å². The zero-order valence-electron chi connectivity index (χ0n) is 11.2. The summed E-state index contributed by atoms with van der Waals surface area (Å²) in [4.78, 5) is 8.10. The van der Waals surface area contributed by atoms with Gasteiger partial charge in [-0.2, -0.15) is 0 Å². The highest BCUT2D eigenvalue weighted by Crippen LogP contribution is 2.18. The van der Waals surface area contributed by atoms with Gasteiger partial charge in [-0.15, -0.1) is 0 Å². The summed E-state index contributed by atoms with van der Waals surface area (Å²) in [6.45, 7) is 3.84. The van der Waals surface area contributed by atoms with Crippen molar-refractivity contribution in [2.24, 2.45) is 0 Å². The van der Waals surface area contributed by atoms with Gasteiger partial charge >= 0.3 is 0 Å². The van der Waals surface area contributed by atoms with E-state index >= 15 is 0 Å². The number of hydrogen-bond acceptors (Lipinski definition) is 6. The predicted octanol–water partition coefficient (Wildman–Crippen LogP) is 1.25. The van der Waals surface area contributed by atoms with Crippen LogP contribution in [0.2, 0.25) is 0 Å². The molecule has 1 aliphatic rings. The van der Waals surface area contributed by atoms with Gasteiger partial charge < -0.3 is 10.1 Å². The van der Waals surface area contributed by atoms with Crippen molar-refractivity contribution in [2.75, 3.05) is 16.8 Å². The number of hydrogen-bond donors (Lipinski definition) is 1. The number of nitrogens with zero attached hydrogens (tertiary/aromatic N) is 2. The molecule has 0 aliphatic carbocycles. The van der Waals surface area contributed by atoms with Crippen molar-refractivity contribution >= 4 is 15.7 Å². The van der Waals surface area contributed by atoms with Crippen molar-refractivity contribution in [3.8, 4) is 5.88 Å². The zero-order valence-corrected chi connectivity index (χ0v) is 12.0. The molecule has 0 amide bonds. The molecule has 106 valence electrons. The van der Waals surface area contributed by atoms with E-state index in [-0.39, 0.29) is 23.7 Å². The second-order valence-electron chi connectivity index (χ2n) is 5.01. The van der Waals surface area contributed by atoms with Gasteiger partial charge in [-0.25, -0.2) is 18.4 Å². The predicted molar refractivity (Wildman–Crippen MR) is 73.1 cm³/mol. The Kier molecular flexibility index (Phi) is 4.24. The lowest BCUT2D eigenvalue weighted by atomic mass is 10.2. The van der Waals surface area contributed by atoms with Crippen LogP contribution in [0.1, 0.15) is 26.7 Å². The molecule has 0 radical (unpaired) electrons. The first-order chi connectivity index (χ1) is 8.94. The molecule has 1 aromatic heterocycles. The number of anilines is 1. The van der Waals surface area contributed by atoms with Crippen molar-refractivity contribution in [3.63, 3.8) is 0 Å². The highest BCUT2D eigenvalue weighted by atomic mass is 32.2. The highest BCUT2D eigenvalue weighted by molar-refractivity contribution is 7.91. The van der Waals surface area contributed by atoms with Gasteiger partial charge in [0.15, 0.2) is 9.84 Å². The van der Waals surface area contributed by atoms with Crippen LogP contribution in [0.5, 0.6) is 5.88 Å². The summed E-state index contributed by atoms with van der Waals surface area (Å²) in [5, 5.41) is 3.14. The van der Waals surface area contributed by atoms with E-state index in [1.54, 1.807) is 6.07 Å². The van der Waals surface area contributed by atoms with E-state index in [1.165, 1.54) is 6.33 Å². The molecule has 19 heavy (non-hydrogen) atoms. The summed E-state index contributed by atoms with van der Waals surface area (Å²) in [5.41, 5.74) is 0. The third-order valence-electron chi connectivity index (χ3n) is 2.81. The molecule has 1 N–H and O–H groups in total. The van der Waals surface area contributed by atoms with E-state index in [9.17, 15) is 8.42 Å².